The highest BCUT2D eigenvalue weighted by molar-refractivity contribution is 14.0. The molecule has 0 aliphatic carbocycles. The van der Waals surface area contributed by atoms with Gasteiger partial charge in [-0.2, -0.15) is 0 Å². The monoisotopic (exact) mass is 418 g/mol. The first kappa shape index (κ1) is 19.2. The Morgan fingerprint density at radius 3 is 2.41 bits per heavy atom. The third-order valence-electron chi connectivity index (χ3n) is 4.24. The molecule has 0 unspecified atom stereocenters. The summed E-state index contributed by atoms with van der Waals surface area (Å²) in [5.74, 6) is 0.464. The van der Waals surface area contributed by atoms with Gasteiger partial charge in [-0.05, 0) is 46.0 Å². The van der Waals surface area contributed by atoms with Gasteiger partial charge in [0.2, 0.25) is 0 Å². The summed E-state index contributed by atoms with van der Waals surface area (Å²) in [5.41, 5.74) is 8.25. The van der Waals surface area contributed by atoms with Crippen LogP contribution in [0.2, 0.25) is 0 Å². The zero-order valence-electron chi connectivity index (χ0n) is 13.6. The van der Waals surface area contributed by atoms with Crippen LogP contribution >= 0.6 is 24.0 Å². The Bertz CT molecular complexity index is 481. The molecule has 0 saturated carbocycles. The summed E-state index contributed by atoms with van der Waals surface area (Å²) in [6, 6.07) is 8.12. The van der Waals surface area contributed by atoms with Gasteiger partial charge >= 0.3 is 0 Å². The van der Waals surface area contributed by atoms with Crippen molar-refractivity contribution in [1.82, 2.24) is 4.90 Å². The molecule has 1 aliphatic heterocycles. The van der Waals surface area contributed by atoms with Gasteiger partial charge in [0.05, 0.1) is 6.54 Å². The van der Waals surface area contributed by atoms with Gasteiger partial charge in [0.15, 0.2) is 5.96 Å². The average molecular weight is 418 g/mol. The fraction of sp³-hybridized carbons (Fsp3) is 0.562. The summed E-state index contributed by atoms with van der Waals surface area (Å²) in [4.78, 5) is 6.79. The van der Waals surface area contributed by atoms with E-state index in [0.717, 1.165) is 31.7 Å². The molecular weight excluding hydrogens is 391 g/mol. The lowest BCUT2D eigenvalue weighted by atomic mass is 9.89. The highest BCUT2D eigenvalue weighted by Gasteiger charge is 2.34. The zero-order valence-corrected chi connectivity index (χ0v) is 16.0. The lowest BCUT2D eigenvalue weighted by Crippen LogP contribution is -2.51. The first-order chi connectivity index (χ1) is 10.0. The Balaban J connectivity index is 0.00000242. The van der Waals surface area contributed by atoms with E-state index in [-0.39, 0.29) is 29.5 Å². The van der Waals surface area contributed by atoms with Gasteiger partial charge in [-0.3, -0.25) is 4.99 Å². The molecule has 6 heteroatoms. The van der Waals surface area contributed by atoms with E-state index in [1.165, 1.54) is 5.56 Å². The Morgan fingerprint density at radius 1 is 1.27 bits per heavy atom. The minimum atomic E-state index is 0. The van der Waals surface area contributed by atoms with E-state index >= 15 is 0 Å². The molecule has 5 nitrogen and oxygen atoms in total. The van der Waals surface area contributed by atoms with Crippen LogP contribution in [0.4, 0.5) is 5.69 Å². The first-order valence-corrected chi connectivity index (χ1v) is 7.41. The van der Waals surface area contributed by atoms with E-state index in [9.17, 15) is 0 Å². The molecule has 124 valence electrons. The van der Waals surface area contributed by atoms with Gasteiger partial charge in [0, 0.05) is 24.4 Å². The topological polar surface area (TPSA) is 62.9 Å². The van der Waals surface area contributed by atoms with Crippen molar-refractivity contribution in [2.75, 3.05) is 39.2 Å². The van der Waals surface area contributed by atoms with Gasteiger partial charge in [0.25, 0.3) is 0 Å². The van der Waals surface area contributed by atoms with Crippen molar-refractivity contribution >= 4 is 35.6 Å². The fourth-order valence-corrected chi connectivity index (χ4v) is 2.55. The SMILES string of the molecule is Cc1ccc(NC(N)=NCC2(N(C)C)CCOCC2)cc1.I. The molecule has 3 N–H and O–H groups in total. The van der Waals surface area contributed by atoms with E-state index in [1.807, 2.05) is 12.1 Å². The van der Waals surface area contributed by atoms with Crippen molar-refractivity contribution in [2.45, 2.75) is 25.3 Å². The molecule has 0 spiro atoms. The number of hydrogen-bond acceptors (Lipinski definition) is 3. The average Bonchev–Trinajstić information content (AvgIpc) is 2.48. The summed E-state index contributed by atoms with van der Waals surface area (Å²) in [6.07, 6.45) is 1.97. The summed E-state index contributed by atoms with van der Waals surface area (Å²) in [5, 5.41) is 3.14. The van der Waals surface area contributed by atoms with E-state index in [0.29, 0.717) is 12.5 Å². The third kappa shape index (κ3) is 5.10. The molecule has 0 atom stereocenters. The Morgan fingerprint density at radius 2 is 1.86 bits per heavy atom. The van der Waals surface area contributed by atoms with Gasteiger partial charge < -0.3 is 20.7 Å². The maximum Gasteiger partial charge on any atom is 0.193 e. The normalized spacial score (nSPS) is 17.9. The van der Waals surface area contributed by atoms with E-state index in [1.54, 1.807) is 0 Å². The summed E-state index contributed by atoms with van der Waals surface area (Å²) < 4.78 is 5.47. The third-order valence-corrected chi connectivity index (χ3v) is 4.24. The lowest BCUT2D eigenvalue weighted by Gasteiger charge is -2.41. The number of halogens is 1. The van der Waals surface area contributed by atoms with Crippen LogP contribution in [0.5, 0.6) is 0 Å². The smallest absolute Gasteiger partial charge is 0.193 e. The number of likely N-dealkylation sites (N-methyl/N-ethyl adjacent to an activating group) is 1. The molecule has 1 aromatic carbocycles. The fourth-order valence-electron chi connectivity index (χ4n) is 2.55. The number of rotatable bonds is 4. The van der Waals surface area contributed by atoms with Crippen LogP contribution < -0.4 is 11.1 Å². The number of ether oxygens (including phenoxy) is 1. The number of aliphatic imine (C=N–C) groups is 1. The maximum atomic E-state index is 6.01. The highest BCUT2D eigenvalue weighted by Crippen LogP contribution is 2.26. The predicted molar refractivity (Wildman–Crippen MR) is 103 cm³/mol. The molecule has 2 rings (SSSR count). The minimum absolute atomic E-state index is 0. The van der Waals surface area contributed by atoms with E-state index in [2.05, 4.69) is 48.4 Å². The molecule has 0 bridgehead atoms. The van der Waals surface area contributed by atoms with Crippen molar-refractivity contribution in [2.24, 2.45) is 10.7 Å². The van der Waals surface area contributed by atoms with Crippen molar-refractivity contribution in [1.29, 1.82) is 0 Å². The number of guanidine groups is 1. The lowest BCUT2D eigenvalue weighted by molar-refractivity contribution is -0.00249. The van der Waals surface area contributed by atoms with Crippen LogP contribution in [0.15, 0.2) is 29.3 Å². The Kier molecular flexibility index (Phi) is 7.58. The summed E-state index contributed by atoms with van der Waals surface area (Å²) in [6.45, 7) is 4.33. The number of nitrogens with two attached hydrogens (primary N) is 1. The molecule has 0 amide bonds. The van der Waals surface area contributed by atoms with E-state index < -0.39 is 0 Å². The number of benzene rings is 1. The van der Waals surface area contributed by atoms with Crippen molar-refractivity contribution in [3.63, 3.8) is 0 Å². The van der Waals surface area contributed by atoms with Crippen LogP contribution in [-0.2, 0) is 4.74 Å². The number of hydrogen-bond donors (Lipinski definition) is 2. The first-order valence-electron chi connectivity index (χ1n) is 7.41. The van der Waals surface area contributed by atoms with Gasteiger partial charge in [-0.15, -0.1) is 24.0 Å². The van der Waals surface area contributed by atoms with Crippen molar-refractivity contribution < 1.29 is 4.74 Å². The van der Waals surface area contributed by atoms with Crippen LogP contribution in [0, 0.1) is 6.92 Å². The number of aryl methyl sites for hydroxylation is 1. The molecule has 22 heavy (non-hydrogen) atoms. The molecule has 0 radical (unpaired) electrons. The van der Waals surface area contributed by atoms with Crippen LogP contribution in [-0.4, -0.2) is 50.3 Å². The second kappa shape index (κ2) is 8.69. The number of nitrogens with zero attached hydrogens (tertiary/aromatic N) is 2. The molecule has 1 aromatic rings. The van der Waals surface area contributed by atoms with Crippen LogP contribution in [0.3, 0.4) is 0 Å². The van der Waals surface area contributed by atoms with Crippen LogP contribution in [0.25, 0.3) is 0 Å². The quantitative estimate of drug-likeness (QED) is 0.448. The summed E-state index contributed by atoms with van der Waals surface area (Å²) in [7, 11) is 4.20. The van der Waals surface area contributed by atoms with Gasteiger partial charge in [-0.25, -0.2) is 0 Å². The number of nitrogens with one attached hydrogen (secondary N) is 1. The Hall–Kier alpha value is -0.860. The van der Waals surface area contributed by atoms with Crippen molar-refractivity contribution in [3.8, 4) is 0 Å². The highest BCUT2D eigenvalue weighted by atomic mass is 127. The molecular formula is C16H27IN4O. The molecule has 1 heterocycles. The standard InChI is InChI=1S/C16H26N4O.HI/c1-13-4-6-14(7-5-13)19-15(17)18-12-16(20(2)3)8-10-21-11-9-16;/h4-7H,8-12H2,1-3H3,(H3,17,18,19);1H. The zero-order chi connectivity index (χ0) is 15.3. The van der Waals surface area contributed by atoms with Crippen LogP contribution in [0.1, 0.15) is 18.4 Å². The van der Waals surface area contributed by atoms with Gasteiger partial charge in [-0.1, -0.05) is 17.7 Å². The largest absolute Gasteiger partial charge is 0.381 e. The molecule has 1 aliphatic rings. The second-order valence-electron chi connectivity index (χ2n) is 5.92. The molecule has 1 saturated heterocycles. The maximum absolute atomic E-state index is 6.01. The summed E-state index contributed by atoms with van der Waals surface area (Å²) >= 11 is 0. The second-order valence-corrected chi connectivity index (χ2v) is 5.92. The van der Waals surface area contributed by atoms with Gasteiger partial charge in [0.1, 0.15) is 0 Å². The van der Waals surface area contributed by atoms with Crippen molar-refractivity contribution in [3.05, 3.63) is 29.8 Å². The predicted octanol–water partition coefficient (Wildman–Crippen LogP) is 2.45. The molecule has 1 fully saturated rings. The van der Waals surface area contributed by atoms with E-state index in [4.69, 9.17) is 10.5 Å². The molecule has 0 aromatic heterocycles. The number of anilines is 1. The minimum Gasteiger partial charge on any atom is -0.381 e. The Labute approximate surface area is 150 Å².